The molecule has 1 aromatic heterocycles. The molecule has 0 radical (unpaired) electrons. The van der Waals surface area contributed by atoms with E-state index in [9.17, 15) is 0 Å². The van der Waals surface area contributed by atoms with Crippen molar-refractivity contribution in [2.24, 2.45) is 0 Å². The third kappa shape index (κ3) is 4.14. The molecular weight excluding hydrogens is 360 g/mol. The molecule has 2 rings (SSSR count). The Balaban J connectivity index is 2.29. The van der Waals surface area contributed by atoms with Crippen molar-refractivity contribution < 1.29 is 0 Å². The van der Waals surface area contributed by atoms with Gasteiger partial charge in [-0.2, -0.15) is 4.98 Å². The molecule has 4 nitrogen and oxygen atoms in total. The highest BCUT2D eigenvalue weighted by Crippen LogP contribution is 2.29. The van der Waals surface area contributed by atoms with Crippen LogP contribution in [0.25, 0.3) is 0 Å². The Hall–Kier alpha value is -1.27. The van der Waals surface area contributed by atoms with Gasteiger partial charge in [-0.05, 0) is 61.2 Å². The number of rotatable bonds is 6. The molecule has 6 heteroatoms. The second kappa shape index (κ2) is 7.83. The van der Waals surface area contributed by atoms with E-state index in [1.54, 1.807) is 11.8 Å². The molecule has 22 heavy (non-hydrogen) atoms. The van der Waals surface area contributed by atoms with Crippen LogP contribution in [0.4, 0.5) is 17.5 Å². The molecular formula is C16H21BrN4S. The van der Waals surface area contributed by atoms with Crippen molar-refractivity contribution in [2.45, 2.75) is 25.7 Å². The van der Waals surface area contributed by atoms with Crippen molar-refractivity contribution in [2.75, 3.05) is 29.6 Å². The first-order valence-corrected chi connectivity index (χ1v) is 9.30. The number of benzene rings is 1. The Labute approximate surface area is 144 Å². The first-order chi connectivity index (χ1) is 10.6. The fourth-order valence-corrected chi connectivity index (χ4v) is 3.23. The summed E-state index contributed by atoms with van der Waals surface area (Å²) in [6.45, 7) is 8.11. The quantitative estimate of drug-likeness (QED) is 0.724. The predicted octanol–water partition coefficient (Wildman–Crippen LogP) is 4.86. The van der Waals surface area contributed by atoms with Gasteiger partial charge in [0.1, 0.15) is 5.82 Å². The number of nitrogens with one attached hydrogen (secondary N) is 1. The van der Waals surface area contributed by atoms with Crippen molar-refractivity contribution in [3.63, 3.8) is 0 Å². The van der Waals surface area contributed by atoms with Crippen molar-refractivity contribution in [1.29, 1.82) is 0 Å². The molecule has 0 aliphatic rings. The Bertz CT molecular complexity index is 644. The molecule has 1 N–H and O–H groups in total. The second-order valence-electron chi connectivity index (χ2n) is 4.83. The minimum Gasteiger partial charge on any atom is -0.357 e. The van der Waals surface area contributed by atoms with Gasteiger partial charge in [-0.25, -0.2) is 4.98 Å². The van der Waals surface area contributed by atoms with Gasteiger partial charge in [-0.3, -0.25) is 0 Å². The molecule has 0 fully saturated rings. The standard InChI is InChI=1S/C16H21BrN4S/c1-5-21(6-2)15-9-11(3)18-16(20-15)19-14-8-7-12(22-4)10-13(14)17/h7-10H,5-6H2,1-4H3,(H,18,19,20). The van der Waals surface area contributed by atoms with Gasteiger partial charge >= 0.3 is 0 Å². The highest BCUT2D eigenvalue weighted by atomic mass is 79.9. The Morgan fingerprint density at radius 1 is 1.18 bits per heavy atom. The number of anilines is 3. The van der Waals surface area contributed by atoms with Gasteiger partial charge < -0.3 is 10.2 Å². The second-order valence-corrected chi connectivity index (χ2v) is 6.57. The van der Waals surface area contributed by atoms with E-state index in [4.69, 9.17) is 0 Å². The smallest absolute Gasteiger partial charge is 0.229 e. The van der Waals surface area contributed by atoms with Gasteiger partial charge in [0.05, 0.1) is 5.69 Å². The fraction of sp³-hybridized carbons (Fsp3) is 0.375. The normalized spacial score (nSPS) is 10.6. The van der Waals surface area contributed by atoms with Crippen LogP contribution in [-0.2, 0) is 0 Å². The first kappa shape index (κ1) is 17.1. The summed E-state index contributed by atoms with van der Waals surface area (Å²) in [5, 5.41) is 3.30. The number of halogens is 1. The third-order valence-corrected chi connectivity index (χ3v) is 4.73. The van der Waals surface area contributed by atoms with Crippen LogP contribution in [-0.4, -0.2) is 29.3 Å². The highest BCUT2D eigenvalue weighted by Gasteiger charge is 2.09. The average molecular weight is 381 g/mol. The molecule has 2 aromatic rings. The van der Waals surface area contributed by atoms with Crippen LogP contribution in [0, 0.1) is 6.92 Å². The molecule has 0 unspecified atom stereocenters. The molecule has 0 amide bonds. The zero-order valence-electron chi connectivity index (χ0n) is 13.4. The zero-order valence-corrected chi connectivity index (χ0v) is 15.8. The van der Waals surface area contributed by atoms with Crippen LogP contribution in [0.1, 0.15) is 19.5 Å². The molecule has 118 valence electrons. The predicted molar refractivity (Wildman–Crippen MR) is 99.5 cm³/mol. The van der Waals surface area contributed by atoms with Crippen LogP contribution < -0.4 is 10.2 Å². The third-order valence-electron chi connectivity index (χ3n) is 3.35. The minimum absolute atomic E-state index is 0.625. The zero-order chi connectivity index (χ0) is 16.1. The van der Waals surface area contributed by atoms with E-state index in [2.05, 4.69) is 68.4 Å². The lowest BCUT2D eigenvalue weighted by molar-refractivity contribution is 0.840. The molecule has 0 atom stereocenters. The maximum absolute atomic E-state index is 4.63. The lowest BCUT2D eigenvalue weighted by Gasteiger charge is -2.20. The van der Waals surface area contributed by atoms with Crippen molar-refractivity contribution in [3.8, 4) is 0 Å². The van der Waals surface area contributed by atoms with Gasteiger partial charge in [0.15, 0.2) is 0 Å². The van der Waals surface area contributed by atoms with Gasteiger partial charge in [0.25, 0.3) is 0 Å². The summed E-state index contributed by atoms with van der Waals surface area (Å²) >= 11 is 5.31. The SMILES string of the molecule is CCN(CC)c1cc(C)nc(Nc2ccc(SC)cc2Br)n1. The van der Waals surface area contributed by atoms with Gasteiger partial charge in [-0.15, -0.1) is 11.8 Å². The molecule has 0 aliphatic heterocycles. The van der Waals surface area contributed by atoms with Crippen LogP contribution in [0.5, 0.6) is 0 Å². The summed E-state index contributed by atoms with van der Waals surface area (Å²) in [5.41, 5.74) is 1.92. The first-order valence-electron chi connectivity index (χ1n) is 7.28. The number of aromatic nitrogens is 2. The maximum atomic E-state index is 4.63. The van der Waals surface area contributed by atoms with E-state index in [0.29, 0.717) is 5.95 Å². The summed E-state index contributed by atoms with van der Waals surface area (Å²) in [7, 11) is 0. The lowest BCUT2D eigenvalue weighted by atomic mass is 10.3. The molecule has 0 spiro atoms. The number of hydrogen-bond acceptors (Lipinski definition) is 5. The van der Waals surface area contributed by atoms with Crippen molar-refractivity contribution in [1.82, 2.24) is 9.97 Å². The topological polar surface area (TPSA) is 41.1 Å². The molecule has 0 saturated heterocycles. The van der Waals surface area contributed by atoms with Crippen molar-refractivity contribution >= 4 is 45.1 Å². The number of aryl methyl sites for hydroxylation is 1. The van der Waals surface area contributed by atoms with Crippen LogP contribution >= 0.6 is 27.7 Å². The number of nitrogens with zero attached hydrogens (tertiary/aromatic N) is 3. The molecule has 1 aromatic carbocycles. The van der Waals surface area contributed by atoms with E-state index < -0.39 is 0 Å². The highest BCUT2D eigenvalue weighted by molar-refractivity contribution is 9.10. The molecule has 0 aliphatic carbocycles. The van der Waals surface area contributed by atoms with Gasteiger partial charge in [0, 0.05) is 34.2 Å². The van der Waals surface area contributed by atoms with E-state index in [1.807, 2.05) is 19.1 Å². The number of hydrogen-bond donors (Lipinski definition) is 1. The summed E-state index contributed by atoms with van der Waals surface area (Å²) in [4.78, 5) is 12.5. The Kier molecular flexibility index (Phi) is 6.08. The lowest BCUT2D eigenvalue weighted by Crippen LogP contribution is -2.23. The summed E-state index contributed by atoms with van der Waals surface area (Å²) in [6.07, 6.45) is 2.06. The Morgan fingerprint density at radius 3 is 2.50 bits per heavy atom. The van der Waals surface area contributed by atoms with E-state index >= 15 is 0 Å². The van der Waals surface area contributed by atoms with Crippen molar-refractivity contribution in [3.05, 3.63) is 34.4 Å². The van der Waals surface area contributed by atoms with E-state index in [1.165, 1.54) is 4.90 Å². The van der Waals surface area contributed by atoms with Crippen LogP contribution in [0.3, 0.4) is 0 Å². The molecule has 1 heterocycles. The van der Waals surface area contributed by atoms with Crippen LogP contribution in [0.15, 0.2) is 33.6 Å². The van der Waals surface area contributed by atoms with Crippen LogP contribution in [0.2, 0.25) is 0 Å². The molecule has 0 bridgehead atoms. The van der Waals surface area contributed by atoms with Gasteiger partial charge in [-0.1, -0.05) is 0 Å². The van der Waals surface area contributed by atoms with E-state index in [0.717, 1.165) is 34.8 Å². The minimum atomic E-state index is 0.625. The number of thioether (sulfide) groups is 1. The molecule has 0 saturated carbocycles. The maximum Gasteiger partial charge on any atom is 0.229 e. The summed E-state index contributed by atoms with van der Waals surface area (Å²) < 4.78 is 1.01. The summed E-state index contributed by atoms with van der Waals surface area (Å²) in [5.74, 6) is 1.58. The van der Waals surface area contributed by atoms with Gasteiger partial charge in [0.2, 0.25) is 5.95 Å². The summed E-state index contributed by atoms with van der Waals surface area (Å²) in [6, 6.07) is 8.23. The largest absolute Gasteiger partial charge is 0.357 e. The monoisotopic (exact) mass is 380 g/mol. The Morgan fingerprint density at radius 2 is 1.91 bits per heavy atom. The fourth-order valence-electron chi connectivity index (χ4n) is 2.16. The van der Waals surface area contributed by atoms with E-state index in [-0.39, 0.29) is 0 Å². The average Bonchev–Trinajstić information content (AvgIpc) is 2.50.